The largest absolute Gasteiger partial charge is 0.392 e. The van der Waals surface area contributed by atoms with Gasteiger partial charge in [0.25, 0.3) is 0 Å². The summed E-state index contributed by atoms with van der Waals surface area (Å²) in [6.07, 6.45) is 16.2. The van der Waals surface area contributed by atoms with Gasteiger partial charge in [0.05, 0.1) is 6.10 Å². The minimum absolute atomic E-state index is 0.0795. The van der Waals surface area contributed by atoms with Crippen LogP contribution in [0.15, 0.2) is 36.0 Å². The van der Waals surface area contributed by atoms with Gasteiger partial charge in [-0.1, -0.05) is 65.8 Å². The number of carbonyl (C=O) groups excluding carboxylic acids is 1. The molecule has 0 saturated heterocycles. The van der Waals surface area contributed by atoms with Crippen molar-refractivity contribution < 1.29 is 9.90 Å². The normalized spacial score (nSPS) is 45.1. The predicted molar refractivity (Wildman–Crippen MR) is 124 cm³/mol. The van der Waals surface area contributed by atoms with Crippen LogP contribution in [0.4, 0.5) is 0 Å². The van der Waals surface area contributed by atoms with E-state index in [-0.39, 0.29) is 17.6 Å². The molecule has 0 spiro atoms. The Balaban J connectivity index is 1.59. The fraction of sp³-hybridized carbons (Fsp3) is 0.750. The highest BCUT2D eigenvalue weighted by Gasteiger charge is 2.60. The highest BCUT2D eigenvalue weighted by molar-refractivity contribution is 5.93. The van der Waals surface area contributed by atoms with Gasteiger partial charge < -0.3 is 5.11 Å². The van der Waals surface area contributed by atoms with Crippen molar-refractivity contribution in [2.45, 2.75) is 79.8 Å². The van der Waals surface area contributed by atoms with Crippen molar-refractivity contribution in [1.29, 1.82) is 0 Å². The molecule has 0 aromatic carbocycles. The summed E-state index contributed by atoms with van der Waals surface area (Å²) in [7, 11) is 0. The molecule has 2 heteroatoms. The third kappa shape index (κ3) is 3.29. The van der Waals surface area contributed by atoms with Crippen LogP contribution in [0, 0.1) is 52.3 Å². The Morgan fingerprint density at radius 3 is 2.50 bits per heavy atom. The maximum Gasteiger partial charge on any atom is 0.158 e. The van der Waals surface area contributed by atoms with E-state index in [4.69, 9.17) is 0 Å². The van der Waals surface area contributed by atoms with E-state index in [9.17, 15) is 9.90 Å². The zero-order valence-electron chi connectivity index (χ0n) is 19.9. The number of aliphatic hydroxyl groups is 1. The van der Waals surface area contributed by atoms with Crippen LogP contribution in [0.25, 0.3) is 0 Å². The summed E-state index contributed by atoms with van der Waals surface area (Å²) in [6.45, 7) is 14.2. The van der Waals surface area contributed by atoms with E-state index in [0.717, 1.165) is 17.9 Å². The average molecular weight is 411 g/mol. The zero-order chi connectivity index (χ0) is 21.8. The highest BCUT2D eigenvalue weighted by Crippen LogP contribution is 2.66. The van der Waals surface area contributed by atoms with E-state index >= 15 is 0 Å². The molecule has 9 atom stereocenters. The third-order valence-electron chi connectivity index (χ3n) is 10.1. The van der Waals surface area contributed by atoms with Crippen LogP contribution in [-0.2, 0) is 4.79 Å². The van der Waals surface area contributed by atoms with Crippen molar-refractivity contribution in [3.8, 4) is 0 Å². The summed E-state index contributed by atoms with van der Waals surface area (Å²) < 4.78 is 0. The van der Waals surface area contributed by atoms with Gasteiger partial charge in [0.15, 0.2) is 5.78 Å². The zero-order valence-corrected chi connectivity index (χ0v) is 19.9. The Kier molecular flexibility index (Phi) is 5.71. The van der Waals surface area contributed by atoms with Crippen LogP contribution >= 0.6 is 0 Å². The van der Waals surface area contributed by atoms with Crippen molar-refractivity contribution in [3.05, 3.63) is 36.0 Å². The van der Waals surface area contributed by atoms with E-state index in [1.165, 1.54) is 19.3 Å². The lowest BCUT2D eigenvalue weighted by atomic mass is 9.47. The molecule has 0 unspecified atom stereocenters. The average Bonchev–Trinajstić information content (AvgIpc) is 3.04. The summed E-state index contributed by atoms with van der Waals surface area (Å²) >= 11 is 0. The van der Waals surface area contributed by atoms with Crippen molar-refractivity contribution in [1.82, 2.24) is 0 Å². The molecule has 4 aliphatic rings. The predicted octanol–water partition coefficient (Wildman–Crippen LogP) is 6.37. The Morgan fingerprint density at radius 2 is 1.80 bits per heavy atom. The Hall–Kier alpha value is -1.15. The number of aliphatic hydroxyl groups excluding tert-OH is 1. The summed E-state index contributed by atoms with van der Waals surface area (Å²) in [5.41, 5.74) is 1.19. The second-order valence-corrected chi connectivity index (χ2v) is 11.8. The number of hydrogen-bond donors (Lipinski definition) is 1. The lowest BCUT2D eigenvalue weighted by molar-refractivity contribution is -0.123. The maximum absolute atomic E-state index is 12.1. The molecule has 0 radical (unpaired) electrons. The van der Waals surface area contributed by atoms with Crippen molar-refractivity contribution in [2.75, 3.05) is 0 Å². The molecule has 2 nitrogen and oxygen atoms in total. The van der Waals surface area contributed by atoms with Crippen LogP contribution in [0.5, 0.6) is 0 Å². The molecule has 0 amide bonds. The lowest BCUT2D eigenvalue weighted by Gasteiger charge is -2.57. The van der Waals surface area contributed by atoms with E-state index in [1.807, 2.05) is 6.08 Å². The molecule has 0 aliphatic heterocycles. The molecular weight excluding hydrogens is 368 g/mol. The number of rotatable bonds is 4. The Bertz CT molecular complexity index is 774. The molecule has 0 aromatic heterocycles. The molecule has 1 N–H and O–H groups in total. The Labute approximate surface area is 183 Å². The summed E-state index contributed by atoms with van der Waals surface area (Å²) in [6, 6.07) is 0. The SMILES string of the molecule is CC(C)[C@@H](C)/C=C/[C@@H](C)[C@H]1CC[C@H]2[C@@H]3C=CC4=CC(=O)C[C@H](O)[C@]4(C)[C@H]3CC[C@]12C. The smallest absolute Gasteiger partial charge is 0.158 e. The first kappa shape index (κ1) is 22.1. The molecule has 0 bridgehead atoms. The van der Waals surface area contributed by atoms with Gasteiger partial charge >= 0.3 is 0 Å². The quantitative estimate of drug-likeness (QED) is 0.547. The minimum atomic E-state index is -0.539. The monoisotopic (exact) mass is 410 g/mol. The fourth-order valence-electron chi connectivity index (χ4n) is 7.66. The molecule has 4 aliphatic carbocycles. The second kappa shape index (κ2) is 7.76. The van der Waals surface area contributed by atoms with Crippen LogP contribution in [0.2, 0.25) is 0 Å². The van der Waals surface area contributed by atoms with Gasteiger partial charge in [0.1, 0.15) is 0 Å². The van der Waals surface area contributed by atoms with E-state index in [0.29, 0.717) is 40.9 Å². The third-order valence-corrected chi connectivity index (χ3v) is 10.1. The summed E-state index contributed by atoms with van der Waals surface area (Å²) in [5.74, 6) is 4.46. The topological polar surface area (TPSA) is 37.3 Å². The molecular formula is C28H42O2. The van der Waals surface area contributed by atoms with Gasteiger partial charge in [-0.3, -0.25) is 4.79 Å². The van der Waals surface area contributed by atoms with E-state index in [2.05, 4.69) is 65.8 Å². The van der Waals surface area contributed by atoms with E-state index in [1.54, 1.807) is 0 Å². The molecule has 0 aromatic rings. The van der Waals surface area contributed by atoms with Crippen molar-refractivity contribution in [3.63, 3.8) is 0 Å². The fourth-order valence-corrected chi connectivity index (χ4v) is 7.66. The first-order valence-corrected chi connectivity index (χ1v) is 12.4. The summed E-state index contributed by atoms with van der Waals surface area (Å²) in [5, 5.41) is 11.0. The van der Waals surface area contributed by atoms with Gasteiger partial charge in [-0.25, -0.2) is 0 Å². The first-order valence-electron chi connectivity index (χ1n) is 12.4. The first-order chi connectivity index (χ1) is 14.1. The number of carbonyl (C=O) groups is 1. The standard InChI is InChI=1S/C28H42O2/c1-17(2)18(3)7-8-19(4)23-11-12-24-22-10-9-20-15-21(29)16-26(30)28(20,6)25(22)13-14-27(23,24)5/h7-10,15,17-19,22-26,30H,11-14,16H2,1-6H3/b8-7+/t18-,19+,22-,23+,24-,25-,26-,27+,28-/m0/s1. The summed E-state index contributed by atoms with van der Waals surface area (Å²) in [4.78, 5) is 12.1. The molecule has 0 heterocycles. The molecule has 30 heavy (non-hydrogen) atoms. The lowest BCUT2D eigenvalue weighted by Crippen LogP contribution is -2.54. The minimum Gasteiger partial charge on any atom is -0.392 e. The molecule has 2 saturated carbocycles. The number of ketones is 1. The maximum atomic E-state index is 12.1. The van der Waals surface area contributed by atoms with Crippen molar-refractivity contribution in [2.24, 2.45) is 52.3 Å². The number of fused-ring (bicyclic) bond motifs is 5. The van der Waals surface area contributed by atoms with Crippen LogP contribution in [0.1, 0.15) is 73.6 Å². The Morgan fingerprint density at radius 1 is 1.07 bits per heavy atom. The van der Waals surface area contributed by atoms with Gasteiger partial charge in [-0.05, 0) is 84.2 Å². The highest BCUT2D eigenvalue weighted by atomic mass is 16.3. The van der Waals surface area contributed by atoms with Gasteiger partial charge in [-0.15, -0.1) is 0 Å². The van der Waals surface area contributed by atoms with Crippen LogP contribution in [0.3, 0.4) is 0 Å². The number of hydrogen-bond acceptors (Lipinski definition) is 2. The second-order valence-electron chi connectivity index (χ2n) is 11.8. The molecule has 4 rings (SSSR count). The molecule has 166 valence electrons. The van der Waals surface area contributed by atoms with Gasteiger partial charge in [0, 0.05) is 11.8 Å². The van der Waals surface area contributed by atoms with Gasteiger partial charge in [0.2, 0.25) is 0 Å². The van der Waals surface area contributed by atoms with Crippen molar-refractivity contribution >= 4 is 5.78 Å². The van der Waals surface area contributed by atoms with Crippen LogP contribution < -0.4 is 0 Å². The number of allylic oxidation sites excluding steroid dienone is 5. The van der Waals surface area contributed by atoms with E-state index < -0.39 is 6.10 Å². The van der Waals surface area contributed by atoms with Crippen LogP contribution in [-0.4, -0.2) is 17.0 Å². The molecule has 2 fully saturated rings. The van der Waals surface area contributed by atoms with Gasteiger partial charge in [-0.2, -0.15) is 0 Å².